The van der Waals surface area contributed by atoms with Crippen LogP contribution in [0.4, 0.5) is 14.5 Å². The van der Waals surface area contributed by atoms with Gasteiger partial charge in [-0.05, 0) is 58.0 Å². The molecular formula is C28H37F2N3O3. The quantitative estimate of drug-likeness (QED) is 0.470. The smallest absolute Gasteiger partial charge is 0.200 e. The second kappa shape index (κ2) is 12.0. The van der Waals surface area contributed by atoms with Crippen LogP contribution >= 0.6 is 0 Å². The third-order valence-electron chi connectivity index (χ3n) is 6.07. The van der Waals surface area contributed by atoms with E-state index in [4.69, 9.17) is 19.5 Å². The van der Waals surface area contributed by atoms with Gasteiger partial charge in [0.1, 0.15) is 0 Å². The molecule has 3 rings (SSSR count). The Labute approximate surface area is 213 Å². The van der Waals surface area contributed by atoms with E-state index in [2.05, 4.69) is 39.1 Å². The monoisotopic (exact) mass is 501 g/mol. The molecule has 0 bridgehead atoms. The number of anilines is 1. The molecule has 6 nitrogen and oxygen atoms in total. The number of ether oxygens (including phenoxy) is 3. The van der Waals surface area contributed by atoms with Crippen molar-refractivity contribution < 1.29 is 23.0 Å². The van der Waals surface area contributed by atoms with Crippen LogP contribution in [0, 0.1) is 28.4 Å². The van der Waals surface area contributed by atoms with Crippen LogP contribution in [-0.2, 0) is 16.0 Å². The zero-order valence-corrected chi connectivity index (χ0v) is 21.9. The van der Waals surface area contributed by atoms with Gasteiger partial charge in [-0.2, -0.15) is 9.65 Å². The zero-order chi connectivity index (χ0) is 26.3. The fourth-order valence-electron chi connectivity index (χ4n) is 3.90. The number of halogens is 2. The van der Waals surface area contributed by atoms with Gasteiger partial charge in [0.05, 0.1) is 31.5 Å². The molecule has 0 saturated carbocycles. The maximum absolute atomic E-state index is 14.8. The lowest BCUT2D eigenvalue weighted by Gasteiger charge is -2.39. The molecule has 1 fully saturated rings. The maximum Gasteiger partial charge on any atom is 0.200 e. The summed E-state index contributed by atoms with van der Waals surface area (Å²) in [6, 6.07) is 12.1. The molecule has 0 atom stereocenters. The van der Waals surface area contributed by atoms with Crippen molar-refractivity contribution in [3.63, 3.8) is 0 Å². The van der Waals surface area contributed by atoms with Gasteiger partial charge < -0.3 is 24.4 Å². The van der Waals surface area contributed by atoms with Crippen LogP contribution < -0.4 is 15.0 Å². The van der Waals surface area contributed by atoms with Gasteiger partial charge in [-0.1, -0.05) is 13.0 Å². The van der Waals surface area contributed by atoms with E-state index < -0.39 is 17.9 Å². The van der Waals surface area contributed by atoms with Crippen molar-refractivity contribution in [3.8, 4) is 11.8 Å². The van der Waals surface area contributed by atoms with E-state index in [1.165, 1.54) is 6.07 Å². The zero-order valence-electron chi connectivity index (χ0n) is 21.9. The highest BCUT2D eigenvalue weighted by atomic mass is 19.2. The number of nitrogens with one attached hydrogen (secondary N) is 1. The molecule has 0 unspecified atom stereocenters. The second-order valence-corrected chi connectivity index (χ2v) is 10.6. The Balaban J connectivity index is 1.69. The number of hydrogen-bond acceptors (Lipinski definition) is 6. The van der Waals surface area contributed by atoms with Crippen LogP contribution in [0.5, 0.6) is 5.75 Å². The first-order chi connectivity index (χ1) is 17.0. The van der Waals surface area contributed by atoms with E-state index in [9.17, 15) is 8.78 Å². The molecule has 1 N–H and O–H groups in total. The summed E-state index contributed by atoms with van der Waals surface area (Å²) >= 11 is 0. The summed E-state index contributed by atoms with van der Waals surface area (Å²) in [5.74, 6) is -2.01. The molecule has 0 aliphatic carbocycles. The molecule has 0 spiro atoms. The normalized spacial score (nSPS) is 20.1. The summed E-state index contributed by atoms with van der Waals surface area (Å²) in [5.41, 5.74) is 1.42. The molecule has 0 amide bonds. The van der Waals surface area contributed by atoms with E-state index in [1.54, 1.807) is 37.3 Å². The molecule has 36 heavy (non-hydrogen) atoms. The van der Waals surface area contributed by atoms with Crippen LogP contribution in [0.2, 0.25) is 0 Å². The Morgan fingerprint density at radius 3 is 2.36 bits per heavy atom. The lowest BCUT2D eigenvalue weighted by atomic mass is 9.90. The lowest BCUT2D eigenvalue weighted by Crippen LogP contribution is -2.50. The van der Waals surface area contributed by atoms with Gasteiger partial charge in [-0.15, -0.1) is 0 Å². The highest BCUT2D eigenvalue weighted by Gasteiger charge is 2.33. The van der Waals surface area contributed by atoms with Crippen molar-refractivity contribution in [3.05, 3.63) is 59.2 Å². The van der Waals surface area contributed by atoms with Gasteiger partial charge in [-0.25, -0.2) is 4.39 Å². The summed E-state index contributed by atoms with van der Waals surface area (Å²) in [6.45, 7) is 13.0. The van der Waals surface area contributed by atoms with E-state index in [0.717, 1.165) is 12.2 Å². The van der Waals surface area contributed by atoms with Gasteiger partial charge in [0, 0.05) is 48.3 Å². The molecule has 1 aliphatic rings. The molecule has 0 radical (unpaired) electrons. The Morgan fingerprint density at radius 1 is 1.11 bits per heavy atom. The molecule has 1 aliphatic heterocycles. The van der Waals surface area contributed by atoms with E-state index >= 15 is 0 Å². The summed E-state index contributed by atoms with van der Waals surface area (Å²) in [4.78, 5) is 1.93. The van der Waals surface area contributed by atoms with E-state index in [-0.39, 0.29) is 35.4 Å². The fourth-order valence-corrected chi connectivity index (χ4v) is 3.90. The van der Waals surface area contributed by atoms with Crippen LogP contribution in [0.1, 0.15) is 52.2 Å². The first kappa shape index (κ1) is 27.9. The summed E-state index contributed by atoms with van der Waals surface area (Å²) in [7, 11) is 0. The Morgan fingerprint density at radius 2 is 1.78 bits per heavy atom. The molecule has 196 valence electrons. The van der Waals surface area contributed by atoms with Crippen LogP contribution in [0.15, 0.2) is 36.4 Å². The fraction of sp³-hybridized carbons (Fsp3) is 0.536. The van der Waals surface area contributed by atoms with Gasteiger partial charge >= 0.3 is 0 Å². The largest absolute Gasteiger partial charge is 0.491 e. The molecule has 2 aromatic rings. The van der Waals surface area contributed by atoms with Crippen molar-refractivity contribution in [2.75, 3.05) is 37.8 Å². The summed E-state index contributed by atoms with van der Waals surface area (Å²) < 4.78 is 46.6. The predicted molar refractivity (Wildman–Crippen MR) is 136 cm³/mol. The van der Waals surface area contributed by atoms with Crippen molar-refractivity contribution in [2.24, 2.45) is 5.41 Å². The summed E-state index contributed by atoms with van der Waals surface area (Å²) in [5, 5.41) is 12.6. The van der Waals surface area contributed by atoms with Gasteiger partial charge in [0.2, 0.25) is 5.82 Å². The van der Waals surface area contributed by atoms with Gasteiger partial charge in [0.15, 0.2) is 17.9 Å². The number of nitrogens with zero attached hydrogens (tertiary/aromatic N) is 2. The van der Waals surface area contributed by atoms with Crippen molar-refractivity contribution in [1.29, 1.82) is 5.26 Å². The average Bonchev–Trinajstić information content (AvgIpc) is 2.85. The SMILES string of the molecule is CCOc1ccc(CN(CCC2OCC(C)(CNC(C)(C)C)CO2)c2ccc(C#N)cc2)c(F)c1F. The standard InChI is InChI=1S/C28H37F2N3O3/c1-6-34-23-12-9-21(25(29)26(23)30)16-33(22-10-7-20(15-31)8-11-22)14-13-24-35-18-28(5,19-36-24)17-32-27(2,3)4/h7-12,24,32H,6,13-14,16-19H2,1-5H3. The predicted octanol–water partition coefficient (Wildman–Crippen LogP) is 5.40. The third kappa shape index (κ3) is 7.63. The molecular weight excluding hydrogens is 464 g/mol. The molecule has 2 aromatic carbocycles. The number of hydrogen-bond donors (Lipinski definition) is 1. The number of benzene rings is 2. The molecule has 1 heterocycles. The molecule has 0 aromatic heterocycles. The Kier molecular flexibility index (Phi) is 9.29. The minimum atomic E-state index is -0.990. The second-order valence-electron chi connectivity index (χ2n) is 10.6. The van der Waals surface area contributed by atoms with Gasteiger partial charge in [0.25, 0.3) is 0 Å². The minimum Gasteiger partial charge on any atom is -0.491 e. The van der Waals surface area contributed by atoms with Crippen molar-refractivity contribution in [1.82, 2.24) is 5.32 Å². The molecule has 1 saturated heterocycles. The van der Waals surface area contributed by atoms with Crippen molar-refractivity contribution in [2.45, 2.75) is 59.4 Å². The van der Waals surface area contributed by atoms with Crippen molar-refractivity contribution >= 4 is 5.69 Å². The lowest BCUT2D eigenvalue weighted by molar-refractivity contribution is -0.226. The molecule has 8 heteroatoms. The van der Waals surface area contributed by atoms with Gasteiger partial charge in [-0.3, -0.25) is 0 Å². The first-order valence-electron chi connectivity index (χ1n) is 12.4. The Hall–Kier alpha value is -2.73. The topological polar surface area (TPSA) is 66.8 Å². The first-order valence-corrected chi connectivity index (χ1v) is 12.4. The van der Waals surface area contributed by atoms with E-state index in [0.29, 0.717) is 31.7 Å². The maximum atomic E-state index is 14.8. The Bertz CT molecular complexity index is 1040. The number of nitriles is 1. The van der Waals surface area contributed by atoms with Crippen LogP contribution in [0.3, 0.4) is 0 Å². The summed E-state index contributed by atoms with van der Waals surface area (Å²) in [6.07, 6.45) is 0.152. The highest BCUT2D eigenvalue weighted by molar-refractivity contribution is 5.50. The van der Waals surface area contributed by atoms with E-state index in [1.807, 2.05) is 4.90 Å². The average molecular weight is 502 g/mol. The third-order valence-corrected chi connectivity index (χ3v) is 6.07. The van der Waals surface area contributed by atoms with Crippen LogP contribution in [-0.4, -0.2) is 44.7 Å². The number of rotatable bonds is 10. The van der Waals surface area contributed by atoms with Crippen LogP contribution in [0.25, 0.3) is 0 Å². The highest BCUT2D eigenvalue weighted by Crippen LogP contribution is 2.28. The minimum absolute atomic E-state index is 0.0110.